The van der Waals surface area contributed by atoms with Crippen LogP contribution in [0.2, 0.25) is 5.02 Å². The molecule has 0 fully saturated rings. The quantitative estimate of drug-likeness (QED) is 0.654. The fourth-order valence-corrected chi connectivity index (χ4v) is 1.38. The van der Waals surface area contributed by atoms with Crippen LogP contribution in [0.3, 0.4) is 0 Å². The van der Waals surface area contributed by atoms with Crippen LogP contribution in [0.5, 0.6) is 0 Å². The lowest BCUT2D eigenvalue weighted by molar-refractivity contribution is 0.858. The maximum atomic E-state index is 5.86. The van der Waals surface area contributed by atoms with Gasteiger partial charge in [0, 0.05) is 10.6 Å². The molecule has 0 heterocycles. The van der Waals surface area contributed by atoms with Crippen molar-refractivity contribution in [1.82, 2.24) is 0 Å². The largest absolute Gasteiger partial charge is 0.264 e. The first kappa shape index (κ1) is 11.0. The monoisotopic (exact) mass is 207 g/mol. The zero-order chi connectivity index (χ0) is 10.7. The van der Waals surface area contributed by atoms with Crippen molar-refractivity contribution in [2.75, 3.05) is 0 Å². The Morgan fingerprint density at radius 2 is 2.07 bits per heavy atom. The summed E-state index contributed by atoms with van der Waals surface area (Å²) in [5.41, 5.74) is 2.89. The molecule has 2 heteroatoms. The Morgan fingerprint density at radius 1 is 1.43 bits per heavy atom. The van der Waals surface area contributed by atoms with Gasteiger partial charge in [0.15, 0.2) is 0 Å². The minimum atomic E-state index is 0.400. The number of benzene rings is 1. The van der Waals surface area contributed by atoms with Crippen molar-refractivity contribution in [3.8, 4) is 0 Å². The Balaban J connectivity index is 3.20. The van der Waals surface area contributed by atoms with E-state index in [4.69, 9.17) is 11.6 Å². The Hall–Kier alpha value is -1.08. The van der Waals surface area contributed by atoms with E-state index >= 15 is 0 Å². The molecular weight excluding hydrogens is 194 g/mol. The highest BCUT2D eigenvalue weighted by atomic mass is 35.5. The lowest BCUT2D eigenvalue weighted by atomic mass is 9.96. The Kier molecular flexibility index (Phi) is 3.48. The predicted octanol–water partition coefficient (Wildman–Crippen LogP) is 4.34. The van der Waals surface area contributed by atoms with E-state index in [0.717, 1.165) is 16.8 Å². The lowest BCUT2D eigenvalue weighted by Crippen LogP contribution is -1.92. The summed E-state index contributed by atoms with van der Waals surface area (Å²) in [6.45, 7) is 11.8. The molecule has 0 radical (unpaired) electrons. The van der Waals surface area contributed by atoms with Gasteiger partial charge in [-0.15, -0.1) is 0 Å². The number of nitrogens with zero attached hydrogens (tertiary/aromatic N) is 1. The van der Waals surface area contributed by atoms with Crippen LogP contribution < -0.4 is 0 Å². The molecule has 0 aliphatic carbocycles. The van der Waals surface area contributed by atoms with Gasteiger partial charge in [0.2, 0.25) is 0 Å². The highest BCUT2D eigenvalue weighted by Crippen LogP contribution is 2.31. The van der Waals surface area contributed by atoms with Gasteiger partial charge in [-0.1, -0.05) is 38.1 Å². The zero-order valence-electron chi connectivity index (χ0n) is 8.55. The molecule has 0 aromatic heterocycles. The van der Waals surface area contributed by atoms with Crippen molar-refractivity contribution in [1.29, 1.82) is 0 Å². The summed E-state index contributed by atoms with van der Waals surface area (Å²) in [5.74, 6) is 0.400. The second-order valence-corrected chi connectivity index (χ2v) is 3.94. The number of hydrogen-bond acceptors (Lipinski definition) is 1. The van der Waals surface area contributed by atoms with Gasteiger partial charge >= 0.3 is 0 Å². The number of hydrogen-bond donors (Lipinski definition) is 0. The van der Waals surface area contributed by atoms with Crippen molar-refractivity contribution in [2.24, 2.45) is 10.9 Å². The summed E-state index contributed by atoms with van der Waals surface area (Å²) in [7, 11) is 0. The number of rotatable bonds is 3. The van der Waals surface area contributed by atoms with Crippen molar-refractivity contribution >= 4 is 29.6 Å². The third-order valence-corrected chi connectivity index (χ3v) is 2.41. The molecule has 0 spiro atoms. The molecule has 74 valence electrons. The topological polar surface area (TPSA) is 12.4 Å². The summed E-state index contributed by atoms with van der Waals surface area (Å²) in [6.07, 6.45) is 0. The molecule has 0 N–H and O–H groups in total. The molecule has 0 saturated carbocycles. The van der Waals surface area contributed by atoms with Crippen LogP contribution in [0.15, 0.2) is 29.8 Å². The molecule has 1 nitrogen and oxygen atoms in total. The van der Waals surface area contributed by atoms with E-state index in [2.05, 4.69) is 32.1 Å². The molecule has 0 bridgehead atoms. The summed E-state index contributed by atoms with van der Waals surface area (Å²) in [5, 5.41) is 0.674. The zero-order valence-corrected chi connectivity index (χ0v) is 9.30. The standard InChI is InChI=1S/C12H14ClN/c1-8(2)9(3)11-6-5-10(13)7-12(11)14-4/h5-8H,3-4H2,1-2H3. The summed E-state index contributed by atoms with van der Waals surface area (Å²) in [6, 6.07) is 5.59. The van der Waals surface area contributed by atoms with E-state index in [1.807, 2.05) is 12.1 Å². The van der Waals surface area contributed by atoms with Crippen molar-refractivity contribution in [2.45, 2.75) is 13.8 Å². The van der Waals surface area contributed by atoms with Crippen LogP contribution in [0.25, 0.3) is 5.57 Å². The van der Waals surface area contributed by atoms with Gasteiger partial charge in [0.05, 0.1) is 5.69 Å². The van der Waals surface area contributed by atoms with E-state index in [9.17, 15) is 0 Å². The Morgan fingerprint density at radius 3 is 2.57 bits per heavy atom. The molecule has 1 aromatic rings. The van der Waals surface area contributed by atoms with Crippen LogP contribution in [0, 0.1) is 5.92 Å². The predicted molar refractivity (Wildman–Crippen MR) is 64.5 cm³/mol. The van der Waals surface area contributed by atoms with E-state index in [1.54, 1.807) is 6.07 Å². The van der Waals surface area contributed by atoms with Crippen LogP contribution in [-0.2, 0) is 0 Å². The lowest BCUT2D eigenvalue weighted by Gasteiger charge is -2.12. The minimum Gasteiger partial charge on any atom is -0.264 e. The highest BCUT2D eigenvalue weighted by molar-refractivity contribution is 6.30. The van der Waals surface area contributed by atoms with Gasteiger partial charge in [-0.2, -0.15) is 0 Å². The number of aliphatic imine (C=N–C) groups is 1. The number of halogens is 1. The van der Waals surface area contributed by atoms with E-state index in [1.165, 1.54) is 0 Å². The van der Waals surface area contributed by atoms with Gasteiger partial charge in [-0.25, -0.2) is 0 Å². The maximum Gasteiger partial charge on any atom is 0.0712 e. The average molecular weight is 208 g/mol. The molecule has 0 aliphatic rings. The number of allylic oxidation sites excluding steroid dienone is 1. The van der Waals surface area contributed by atoms with Gasteiger partial charge in [0.25, 0.3) is 0 Å². The highest BCUT2D eigenvalue weighted by Gasteiger charge is 2.08. The van der Waals surface area contributed by atoms with Gasteiger partial charge in [-0.3, -0.25) is 4.99 Å². The molecule has 14 heavy (non-hydrogen) atoms. The van der Waals surface area contributed by atoms with Gasteiger partial charge < -0.3 is 0 Å². The molecule has 0 amide bonds. The molecule has 0 unspecified atom stereocenters. The Bertz CT molecular complexity index is 367. The molecular formula is C12H14ClN. The van der Waals surface area contributed by atoms with Crippen LogP contribution >= 0.6 is 11.6 Å². The van der Waals surface area contributed by atoms with E-state index in [0.29, 0.717) is 10.9 Å². The van der Waals surface area contributed by atoms with Crippen molar-refractivity contribution in [3.05, 3.63) is 35.4 Å². The second-order valence-electron chi connectivity index (χ2n) is 3.50. The molecule has 0 saturated heterocycles. The third-order valence-electron chi connectivity index (χ3n) is 2.17. The Labute approximate surface area is 90.1 Å². The molecule has 0 atom stereocenters. The van der Waals surface area contributed by atoms with Crippen LogP contribution in [-0.4, -0.2) is 6.72 Å². The van der Waals surface area contributed by atoms with Crippen molar-refractivity contribution < 1.29 is 0 Å². The molecule has 1 rings (SSSR count). The third kappa shape index (κ3) is 2.24. The van der Waals surface area contributed by atoms with Crippen molar-refractivity contribution in [3.63, 3.8) is 0 Å². The van der Waals surface area contributed by atoms with Crippen LogP contribution in [0.4, 0.5) is 5.69 Å². The fourth-order valence-electron chi connectivity index (χ4n) is 1.22. The molecule has 1 aromatic carbocycles. The first-order valence-corrected chi connectivity index (χ1v) is 4.89. The first-order chi connectivity index (χ1) is 6.56. The minimum absolute atomic E-state index is 0.400. The summed E-state index contributed by atoms with van der Waals surface area (Å²) in [4.78, 5) is 3.94. The van der Waals surface area contributed by atoms with E-state index < -0.39 is 0 Å². The normalized spacial score (nSPS) is 10.3. The van der Waals surface area contributed by atoms with Crippen LogP contribution in [0.1, 0.15) is 19.4 Å². The van der Waals surface area contributed by atoms with E-state index in [-0.39, 0.29) is 0 Å². The summed E-state index contributed by atoms with van der Waals surface area (Å²) < 4.78 is 0. The SMILES string of the molecule is C=Nc1cc(Cl)ccc1C(=C)C(C)C. The summed E-state index contributed by atoms with van der Waals surface area (Å²) >= 11 is 5.86. The van der Waals surface area contributed by atoms with Gasteiger partial charge in [0.1, 0.15) is 0 Å². The average Bonchev–Trinajstić information content (AvgIpc) is 2.16. The fraction of sp³-hybridized carbons (Fsp3) is 0.250. The second kappa shape index (κ2) is 4.43. The molecule has 0 aliphatic heterocycles. The van der Waals surface area contributed by atoms with Gasteiger partial charge in [-0.05, 0) is 30.3 Å². The smallest absolute Gasteiger partial charge is 0.0712 e. The first-order valence-electron chi connectivity index (χ1n) is 4.51. The maximum absolute atomic E-state index is 5.86.